The zero-order valence-electron chi connectivity index (χ0n) is 13.3. The van der Waals surface area contributed by atoms with Crippen molar-refractivity contribution in [1.29, 1.82) is 0 Å². The number of amides is 2. The van der Waals surface area contributed by atoms with Crippen LogP contribution in [0.25, 0.3) is 0 Å². The van der Waals surface area contributed by atoms with Crippen LogP contribution in [-0.4, -0.2) is 32.6 Å². The molecular weight excluding hydrogens is 376 g/mol. The first kappa shape index (κ1) is 17.8. The first-order valence-corrected chi connectivity index (χ1v) is 7.89. The van der Waals surface area contributed by atoms with E-state index in [1.165, 1.54) is 14.2 Å². The number of halogens is 1. The molecule has 0 spiro atoms. The highest BCUT2D eigenvalue weighted by Crippen LogP contribution is 2.30. The van der Waals surface area contributed by atoms with Gasteiger partial charge in [0.25, 0.3) is 5.91 Å². The Kier molecular flexibility index (Phi) is 6.20. The fourth-order valence-electron chi connectivity index (χ4n) is 2.08. The summed E-state index contributed by atoms with van der Waals surface area (Å²) in [5.74, 6) is 0.0108. The second-order valence-electron chi connectivity index (χ2n) is 4.75. The molecule has 0 saturated heterocycles. The van der Waals surface area contributed by atoms with E-state index in [1.807, 2.05) is 12.1 Å². The Balaban J connectivity index is 2.01. The van der Waals surface area contributed by atoms with Gasteiger partial charge in [-0.25, -0.2) is 0 Å². The summed E-state index contributed by atoms with van der Waals surface area (Å²) in [7, 11) is 2.94. The van der Waals surface area contributed by atoms with Crippen LogP contribution in [0, 0.1) is 0 Å². The number of ether oxygens (including phenoxy) is 2. The number of nitrogens with one attached hydrogen (secondary N) is 2. The van der Waals surface area contributed by atoms with Crippen LogP contribution in [0.2, 0.25) is 0 Å². The van der Waals surface area contributed by atoms with Gasteiger partial charge in [0.05, 0.1) is 32.0 Å². The summed E-state index contributed by atoms with van der Waals surface area (Å²) in [5.41, 5.74) is 0.932. The maximum Gasteiger partial charge on any atom is 0.255 e. The highest BCUT2D eigenvalue weighted by molar-refractivity contribution is 9.10. The molecule has 0 unspecified atom stereocenters. The Labute approximate surface area is 148 Å². The van der Waals surface area contributed by atoms with Crippen molar-refractivity contribution in [1.82, 2.24) is 5.32 Å². The number of carbonyl (C=O) groups excluding carboxylic acids is 2. The average Bonchev–Trinajstić information content (AvgIpc) is 2.60. The number of carbonyl (C=O) groups is 2. The first-order valence-electron chi connectivity index (χ1n) is 7.10. The summed E-state index contributed by atoms with van der Waals surface area (Å²) in [6.07, 6.45) is 0. The molecule has 2 aromatic rings. The van der Waals surface area contributed by atoms with Crippen molar-refractivity contribution in [3.63, 3.8) is 0 Å². The Bertz CT molecular complexity index is 749. The Morgan fingerprint density at radius 2 is 1.79 bits per heavy atom. The monoisotopic (exact) mass is 392 g/mol. The topological polar surface area (TPSA) is 76.7 Å². The lowest BCUT2D eigenvalue weighted by Crippen LogP contribution is -2.33. The fraction of sp³-hybridized carbons (Fsp3) is 0.176. The molecule has 0 radical (unpaired) electrons. The van der Waals surface area contributed by atoms with Gasteiger partial charge in [0.2, 0.25) is 5.91 Å². The minimum absolute atomic E-state index is 0.166. The second kappa shape index (κ2) is 8.35. The van der Waals surface area contributed by atoms with Crippen LogP contribution in [0.1, 0.15) is 10.4 Å². The third-order valence-corrected chi connectivity index (χ3v) is 3.90. The standard InChI is InChI=1S/C17H17BrN2O4/c1-23-14-9-5-6-11(16(14)24-2)17(22)19-10-15(21)20-13-8-4-3-7-12(13)18/h3-9H,10H2,1-2H3,(H,19,22)(H,20,21). The van der Waals surface area contributed by atoms with Gasteiger partial charge in [0.15, 0.2) is 11.5 Å². The van der Waals surface area contributed by atoms with Crippen molar-refractivity contribution in [2.75, 3.05) is 26.1 Å². The van der Waals surface area contributed by atoms with Crippen molar-refractivity contribution in [2.24, 2.45) is 0 Å². The quantitative estimate of drug-likeness (QED) is 0.792. The summed E-state index contributed by atoms with van der Waals surface area (Å²) in [6.45, 7) is -0.166. The van der Waals surface area contributed by atoms with E-state index >= 15 is 0 Å². The van der Waals surface area contributed by atoms with Crippen LogP contribution in [0.3, 0.4) is 0 Å². The molecular formula is C17H17BrN2O4. The zero-order chi connectivity index (χ0) is 17.5. The molecule has 0 atom stereocenters. The van der Waals surface area contributed by atoms with E-state index in [-0.39, 0.29) is 12.5 Å². The molecule has 0 fully saturated rings. The van der Waals surface area contributed by atoms with E-state index in [4.69, 9.17) is 9.47 Å². The minimum Gasteiger partial charge on any atom is -0.493 e. The third kappa shape index (κ3) is 4.26. The molecule has 7 heteroatoms. The molecule has 2 rings (SSSR count). The lowest BCUT2D eigenvalue weighted by atomic mass is 10.1. The molecule has 0 aromatic heterocycles. The van der Waals surface area contributed by atoms with Crippen molar-refractivity contribution < 1.29 is 19.1 Å². The molecule has 0 bridgehead atoms. The van der Waals surface area contributed by atoms with Gasteiger partial charge < -0.3 is 20.1 Å². The number of benzene rings is 2. The van der Waals surface area contributed by atoms with Gasteiger partial charge in [-0.1, -0.05) is 18.2 Å². The minimum atomic E-state index is -0.423. The van der Waals surface area contributed by atoms with Crippen LogP contribution < -0.4 is 20.1 Å². The van der Waals surface area contributed by atoms with E-state index in [2.05, 4.69) is 26.6 Å². The third-order valence-electron chi connectivity index (χ3n) is 3.21. The Hall–Kier alpha value is -2.54. The van der Waals surface area contributed by atoms with Crippen LogP contribution in [0.15, 0.2) is 46.9 Å². The van der Waals surface area contributed by atoms with E-state index in [9.17, 15) is 9.59 Å². The highest BCUT2D eigenvalue weighted by Gasteiger charge is 2.17. The van der Waals surface area contributed by atoms with Crippen LogP contribution in [0.4, 0.5) is 5.69 Å². The largest absolute Gasteiger partial charge is 0.493 e. The average molecular weight is 393 g/mol. The van der Waals surface area contributed by atoms with Gasteiger partial charge in [-0.15, -0.1) is 0 Å². The molecule has 2 N–H and O–H groups in total. The molecule has 0 saturated carbocycles. The van der Waals surface area contributed by atoms with Gasteiger partial charge >= 0.3 is 0 Å². The molecule has 6 nitrogen and oxygen atoms in total. The lowest BCUT2D eigenvalue weighted by molar-refractivity contribution is -0.115. The summed E-state index contributed by atoms with van der Waals surface area (Å²) >= 11 is 3.34. The molecule has 0 aliphatic carbocycles. The van der Waals surface area contributed by atoms with Crippen molar-refractivity contribution in [3.8, 4) is 11.5 Å². The van der Waals surface area contributed by atoms with Gasteiger partial charge in [0, 0.05) is 4.47 Å². The number of para-hydroxylation sites is 2. The van der Waals surface area contributed by atoms with Crippen molar-refractivity contribution >= 4 is 33.4 Å². The fourth-order valence-corrected chi connectivity index (χ4v) is 2.46. The number of methoxy groups -OCH3 is 2. The van der Waals surface area contributed by atoms with Gasteiger partial charge in [-0.05, 0) is 40.2 Å². The van der Waals surface area contributed by atoms with Gasteiger partial charge in [0.1, 0.15) is 0 Å². The number of rotatable bonds is 6. The van der Waals surface area contributed by atoms with Crippen LogP contribution in [0.5, 0.6) is 11.5 Å². The Morgan fingerprint density at radius 1 is 1.04 bits per heavy atom. The maximum atomic E-state index is 12.3. The van der Waals surface area contributed by atoms with Crippen LogP contribution >= 0.6 is 15.9 Å². The number of anilines is 1. The highest BCUT2D eigenvalue weighted by atomic mass is 79.9. The summed E-state index contributed by atoms with van der Waals surface area (Å²) in [6, 6.07) is 12.2. The zero-order valence-corrected chi connectivity index (χ0v) is 14.8. The van der Waals surface area contributed by atoms with Gasteiger partial charge in [-0.2, -0.15) is 0 Å². The summed E-state index contributed by atoms with van der Waals surface area (Å²) in [4.78, 5) is 24.3. The molecule has 0 aliphatic heterocycles. The first-order chi connectivity index (χ1) is 11.6. The maximum absolute atomic E-state index is 12.3. The molecule has 0 heterocycles. The normalized spacial score (nSPS) is 9.96. The predicted molar refractivity (Wildman–Crippen MR) is 94.7 cm³/mol. The molecule has 126 valence electrons. The van der Waals surface area contributed by atoms with Crippen LogP contribution in [-0.2, 0) is 4.79 Å². The summed E-state index contributed by atoms with van der Waals surface area (Å²) in [5, 5.41) is 5.27. The van der Waals surface area contributed by atoms with Crippen molar-refractivity contribution in [3.05, 3.63) is 52.5 Å². The van der Waals surface area contributed by atoms with Crippen molar-refractivity contribution in [2.45, 2.75) is 0 Å². The Morgan fingerprint density at radius 3 is 2.46 bits per heavy atom. The molecule has 0 aliphatic rings. The number of hydrogen-bond acceptors (Lipinski definition) is 4. The van der Waals surface area contributed by atoms with E-state index in [0.29, 0.717) is 22.7 Å². The molecule has 2 amide bonds. The molecule has 24 heavy (non-hydrogen) atoms. The second-order valence-corrected chi connectivity index (χ2v) is 5.61. The number of hydrogen-bond donors (Lipinski definition) is 2. The smallest absolute Gasteiger partial charge is 0.255 e. The predicted octanol–water partition coefficient (Wildman–Crippen LogP) is 2.83. The lowest BCUT2D eigenvalue weighted by Gasteiger charge is -2.12. The van der Waals surface area contributed by atoms with E-state index < -0.39 is 5.91 Å². The SMILES string of the molecule is COc1cccc(C(=O)NCC(=O)Nc2ccccc2Br)c1OC. The van der Waals surface area contributed by atoms with E-state index in [0.717, 1.165) is 4.47 Å². The molecule has 2 aromatic carbocycles. The van der Waals surface area contributed by atoms with Gasteiger partial charge in [-0.3, -0.25) is 9.59 Å². The van der Waals surface area contributed by atoms with E-state index in [1.54, 1.807) is 30.3 Å². The summed E-state index contributed by atoms with van der Waals surface area (Å²) < 4.78 is 11.1.